The maximum atomic E-state index is 13.6. The number of aliphatic hydroxyl groups is 1. The molecule has 1 saturated carbocycles. The van der Waals surface area contributed by atoms with E-state index in [0.717, 1.165) is 30.4 Å². The first kappa shape index (κ1) is 30.7. The van der Waals surface area contributed by atoms with Gasteiger partial charge >= 0.3 is 0 Å². The first-order valence-corrected chi connectivity index (χ1v) is 14.6. The van der Waals surface area contributed by atoms with Crippen molar-refractivity contribution in [1.82, 2.24) is 16.0 Å². The number of rotatable bonds is 13. The number of Topliss-reactive ketones (excluding diaryl/α,β-unsaturated/α-hetero) is 1. The van der Waals surface area contributed by atoms with Crippen molar-refractivity contribution in [3.63, 3.8) is 0 Å². The van der Waals surface area contributed by atoms with Gasteiger partial charge in [-0.1, -0.05) is 23.8 Å². The fourth-order valence-electron chi connectivity index (χ4n) is 5.52. The van der Waals surface area contributed by atoms with E-state index < -0.39 is 41.6 Å². The topological polar surface area (TPSA) is 146 Å². The highest BCUT2D eigenvalue weighted by atomic mass is 16.6. The lowest BCUT2D eigenvalue weighted by atomic mass is 9.79. The van der Waals surface area contributed by atoms with E-state index in [1.54, 1.807) is 33.1 Å². The van der Waals surface area contributed by atoms with E-state index in [0.29, 0.717) is 44.5 Å². The zero-order valence-electron chi connectivity index (χ0n) is 24.2. The first-order chi connectivity index (χ1) is 19.5. The first-order valence-electron chi connectivity index (χ1n) is 14.6. The van der Waals surface area contributed by atoms with Gasteiger partial charge < -0.3 is 30.5 Å². The normalized spacial score (nSPS) is 25.7. The summed E-state index contributed by atoms with van der Waals surface area (Å²) >= 11 is 0. The van der Waals surface area contributed by atoms with Gasteiger partial charge in [-0.05, 0) is 82.9 Å². The molecule has 0 bridgehead atoms. The van der Waals surface area contributed by atoms with Crippen LogP contribution in [0, 0.1) is 5.92 Å². The maximum Gasteiger partial charge on any atom is 0.243 e. The molecular formula is C31H43N3O7. The second-order valence-electron chi connectivity index (χ2n) is 11.9. The summed E-state index contributed by atoms with van der Waals surface area (Å²) in [5.74, 6) is -0.974. The molecule has 10 heteroatoms. The van der Waals surface area contributed by atoms with Crippen LogP contribution < -0.4 is 20.7 Å². The third kappa shape index (κ3) is 8.87. The fraction of sp³-hybridized carbons (Fsp3) is 0.613. The van der Waals surface area contributed by atoms with Crippen LogP contribution in [-0.2, 0) is 30.3 Å². The minimum Gasteiger partial charge on any atom is -0.497 e. The van der Waals surface area contributed by atoms with E-state index in [1.807, 2.05) is 12.1 Å². The predicted molar refractivity (Wildman–Crippen MR) is 152 cm³/mol. The lowest BCUT2D eigenvalue weighted by molar-refractivity contribution is -0.134. The van der Waals surface area contributed by atoms with Crippen LogP contribution in [0.25, 0.3) is 0 Å². The summed E-state index contributed by atoms with van der Waals surface area (Å²) in [6.45, 7) is 3.70. The summed E-state index contributed by atoms with van der Waals surface area (Å²) in [5, 5.41) is 18.7. The Hall–Kier alpha value is -3.24. The number of amides is 3. The van der Waals surface area contributed by atoms with Gasteiger partial charge in [-0.3, -0.25) is 19.2 Å². The molecule has 0 unspecified atom stereocenters. The lowest BCUT2D eigenvalue weighted by Gasteiger charge is -2.32. The molecule has 10 nitrogen and oxygen atoms in total. The molecule has 1 aromatic rings. The molecule has 1 saturated heterocycles. The van der Waals surface area contributed by atoms with Crippen molar-refractivity contribution in [2.75, 3.05) is 13.7 Å². The standard InChI is InChI=1S/C31H43N3O7/c1-19(32-29(37)22-12-14-31(2,39)15-13-22)28(36)34-25(17-21-8-10-23(40-3)11-9-21)30(38)33-24(27(35)26-18-41-26)16-20-6-4-5-7-20/h6,8-11,19,22,24-26,39H,4-5,7,12-18H2,1-3H3,(H,32,37)(H,33,38)(H,34,36)/t19-,22?,24+,25+,26-,31?/m1/s1. The number of nitrogens with one attached hydrogen (secondary N) is 3. The van der Waals surface area contributed by atoms with Gasteiger partial charge in [-0.15, -0.1) is 0 Å². The smallest absolute Gasteiger partial charge is 0.243 e. The van der Waals surface area contributed by atoms with Crippen molar-refractivity contribution in [2.24, 2.45) is 5.92 Å². The van der Waals surface area contributed by atoms with E-state index in [2.05, 4.69) is 22.0 Å². The Morgan fingerprint density at radius 3 is 2.27 bits per heavy atom. The highest BCUT2D eigenvalue weighted by Gasteiger charge is 2.39. The number of ether oxygens (including phenoxy) is 2. The zero-order valence-corrected chi connectivity index (χ0v) is 24.2. The number of allylic oxidation sites excluding steroid dienone is 1. The molecular weight excluding hydrogens is 526 g/mol. The lowest BCUT2D eigenvalue weighted by Crippen LogP contribution is -2.56. The van der Waals surface area contributed by atoms with Gasteiger partial charge in [0.2, 0.25) is 17.7 Å². The molecule has 2 aliphatic carbocycles. The van der Waals surface area contributed by atoms with E-state index in [9.17, 15) is 24.3 Å². The van der Waals surface area contributed by atoms with Crippen molar-refractivity contribution in [2.45, 2.75) is 101 Å². The number of carbonyl (C=O) groups is 4. The molecule has 3 aliphatic rings. The van der Waals surface area contributed by atoms with Crippen molar-refractivity contribution in [3.8, 4) is 5.75 Å². The molecule has 1 heterocycles. The molecule has 4 N–H and O–H groups in total. The summed E-state index contributed by atoms with van der Waals surface area (Å²) < 4.78 is 10.4. The molecule has 1 aliphatic heterocycles. The van der Waals surface area contributed by atoms with Crippen molar-refractivity contribution < 1.29 is 33.8 Å². The average molecular weight is 570 g/mol. The molecule has 4 rings (SSSR count). The van der Waals surface area contributed by atoms with Gasteiger partial charge in [0, 0.05) is 12.3 Å². The molecule has 0 spiro atoms. The van der Waals surface area contributed by atoms with Crippen molar-refractivity contribution >= 4 is 23.5 Å². The summed E-state index contributed by atoms with van der Waals surface area (Å²) in [6.07, 6.45) is 7.26. The monoisotopic (exact) mass is 569 g/mol. The third-order valence-corrected chi connectivity index (χ3v) is 8.33. The van der Waals surface area contributed by atoms with Crippen LogP contribution in [0.2, 0.25) is 0 Å². The number of hydrogen-bond acceptors (Lipinski definition) is 7. The van der Waals surface area contributed by atoms with Crippen LogP contribution >= 0.6 is 0 Å². The number of benzene rings is 1. The van der Waals surface area contributed by atoms with Crippen LogP contribution in [0.15, 0.2) is 35.9 Å². The van der Waals surface area contributed by atoms with E-state index >= 15 is 0 Å². The molecule has 2 fully saturated rings. The quantitative estimate of drug-likeness (QED) is 0.210. The Morgan fingerprint density at radius 2 is 1.68 bits per heavy atom. The van der Waals surface area contributed by atoms with Gasteiger partial charge in [-0.2, -0.15) is 0 Å². The maximum absolute atomic E-state index is 13.6. The van der Waals surface area contributed by atoms with Gasteiger partial charge in [0.25, 0.3) is 0 Å². The molecule has 1 aromatic carbocycles. The molecule has 41 heavy (non-hydrogen) atoms. The van der Waals surface area contributed by atoms with Crippen molar-refractivity contribution in [1.29, 1.82) is 0 Å². The van der Waals surface area contributed by atoms with Crippen LogP contribution in [-0.4, -0.2) is 72.2 Å². The highest BCUT2D eigenvalue weighted by molar-refractivity contribution is 5.96. The number of carbonyl (C=O) groups excluding carboxylic acids is 4. The molecule has 4 atom stereocenters. The molecule has 3 amide bonds. The fourth-order valence-corrected chi connectivity index (χ4v) is 5.52. The summed E-state index contributed by atoms with van der Waals surface area (Å²) in [4.78, 5) is 52.7. The van der Waals surface area contributed by atoms with Gasteiger partial charge in [0.15, 0.2) is 5.78 Å². The minimum atomic E-state index is -0.979. The summed E-state index contributed by atoms with van der Waals surface area (Å²) in [6, 6.07) is 4.59. The Labute approximate surface area is 241 Å². The average Bonchev–Trinajstić information content (AvgIpc) is 3.67. The van der Waals surface area contributed by atoms with E-state index in [4.69, 9.17) is 9.47 Å². The van der Waals surface area contributed by atoms with Crippen LogP contribution in [0.1, 0.15) is 70.8 Å². The Balaban J connectivity index is 1.43. The SMILES string of the molecule is COc1ccc(C[C@H](NC(=O)[C@@H](C)NC(=O)C2CCC(C)(O)CC2)C(=O)N[C@@H](CC2=CCCC2)C(=O)[C@H]2CO2)cc1. The van der Waals surface area contributed by atoms with Gasteiger partial charge in [-0.25, -0.2) is 0 Å². The second-order valence-corrected chi connectivity index (χ2v) is 11.9. The van der Waals surface area contributed by atoms with Crippen LogP contribution in [0.5, 0.6) is 5.75 Å². The molecule has 224 valence electrons. The zero-order chi connectivity index (χ0) is 29.6. The summed E-state index contributed by atoms with van der Waals surface area (Å²) in [5.41, 5.74) is 1.17. The van der Waals surface area contributed by atoms with Gasteiger partial charge in [0.05, 0.1) is 25.4 Å². The van der Waals surface area contributed by atoms with Crippen LogP contribution in [0.3, 0.4) is 0 Å². The highest BCUT2D eigenvalue weighted by Crippen LogP contribution is 2.31. The Bertz CT molecular complexity index is 1130. The van der Waals surface area contributed by atoms with Crippen LogP contribution in [0.4, 0.5) is 0 Å². The number of methoxy groups -OCH3 is 1. The minimum absolute atomic E-state index is 0.159. The Kier molecular flexibility index (Phi) is 10.2. The largest absolute Gasteiger partial charge is 0.497 e. The second kappa shape index (κ2) is 13.6. The van der Waals surface area contributed by atoms with Gasteiger partial charge in [0.1, 0.15) is 23.9 Å². The summed E-state index contributed by atoms with van der Waals surface area (Å²) in [7, 11) is 1.57. The molecule has 0 aromatic heterocycles. The number of epoxide rings is 1. The van der Waals surface area contributed by atoms with E-state index in [1.165, 1.54) is 0 Å². The van der Waals surface area contributed by atoms with Crippen molar-refractivity contribution in [3.05, 3.63) is 41.5 Å². The predicted octanol–water partition coefficient (Wildman–Crippen LogP) is 2.12. The third-order valence-electron chi connectivity index (χ3n) is 8.33. The number of ketones is 1. The molecule has 0 radical (unpaired) electrons. The number of hydrogen-bond donors (Lipinski definition) is 4. The Morgan fingerprint density at radius 1 is 1.02 bits per heavy atom. The van der Waals surface area contributed by atoms with E-state index in [-0.39, 0.29) is 24.0 Å².